The van der Waals surface area contributed by atoms with E-state index in [0.29, 0.717) is 26.6 Å². The van der Waals surface area contributed by atoms with Crippen LogP contribution in [0.2, 0.25) is 5.02 Å². The molecule has 2 rings (SSSR count). The number of aromatic nitrogens is 1. The Bertz CT molecular complexity index is 891. The highest BCUT2D eigenvalue weighted by atomic mass is 35.5. The van der Waals surface area contributed by atoms with Crippen molar-refractivity contribution in [3.63, 3.8) is 0 Å². The Kier molecular flexibility index (Phi) is 5.79. The lowest BCUT2D eigenvalue weighted by Crippen LogP contribution is -2.39. The minimum atomic E-state index is -1.06. The summed E-state index contributed by atoms with van der Waals surface area (Å²) in [5.41, 5.74) is 1.26. The fourth-order valence-corrected chi connectivity index (χ4v) is 2.41. The van der Waals surface area contributed by atoms with Crippen LogP contribution in [0, 0.1) is 29.4 Å². The van der Waals surface area contributed by atoms with Gasteiger partial charge in [0.05, 0.1) is 11.1 Å². The van der Waals surface area contributed by atoms with Gasteiger partial charge in [0, 0.05) is 16.5 Å². The summed E-state index contributed by atoms with van der Waals surface area (Å²) < 4.78 is 6.41. The van der Waals surface area contributed by atoms with E-state index < -0.39 is 17.5 Å². The van der Waals surface area contributed by atoms with Crippen LogP contribution in [0.4, 0.5) is 0 Å². The number of ether oxygens (including phenoxy) is 1. The van der Waals surface area contributed by atoms with Gasteiger partial charge in [-0.15, -0.1) is 0 Å². The zero-order valence-corrected chi connectivity index (χ0v) is 15.8. The van der Waals surface area contributed by atoms with Gasteiger partial charge in [0.25, 0.3) is 0 Å². The Labute approximate surface area is 157 Å². The summed E-state index contributed by atoms with van der Waals surface area (Å²) in [6, 6.07) is 6.49. The van der Waals surface area contributed by atoms with E-state index in [9.17, 15) is 15.1 Å². The third-order valence-corrected chi connectivity index (χ3v) is 3.92. The second kappa shape index (κ2) is 7.67. The minimum Gasteiger partial charge on any atom is -0.619 e. The Hall–Kier alpha value is -2.71. The highest BCUT2D eigenvalue weighted by Gasteiger charge is 2.33. The Morgan fingerprint density at radius 2 is 1.92 bits per heavy atom. The predicted octanol–water partition coefficient (Wildman–Crippen LogP) is 3.56. The number of carboxylic acid groups (broad SMARTS) is 1. The van der Waals surface area contributed by atoms with Crippen molar-refractivity contribution in [3.05, 3.63) is 63.6 Å². The second-order valence-electron chi connectivity index (χ2n) is 6.99. The molecule has 0 aliphatic heterocycles. The van der Waals surface area contributed by atoms with Gasteiger partial charge in [-0.1, -0.05) is 44.2 Å². The molecule has 1 aromatic carbocycles. The van der Waals surface area contributed by atoms with Gasteiger partial charge < -0.3 is 15.1 Å². The van der Waals surface area contributed by atoms with E-state index in [1.165, 1.54) is 12.4 Å². The van der Waals surface area contributed by atoms with Crippen molar-refractivity contribution in [2.45, 2.75) is 33.8 Å². The SMILES string of the molecule is Cc1cc[n+]([O-])cc1C#Cc1cc(Cl)ccc1OC(C(=O)O)C(C)(C)C. The fourth-order valence-electron chi connectivity index (χ4n) is 2.24. The van der Waals surface area contributed by atoms with Crippen molar-refractivity contribution in [2.75, 3.05) is 0 Å². The molecule has 1 atom stereocenters. The number of hydrogen-bond acceptors (Lipinski definition) is 3. The number of hydrogen-bond donors (Lipinski definition) is 1. The molecule has 0 aliphatic carbocycles. The number of aliphatic carboxylic acids is 1. The van der Waals surface area contributed by atoms with E-state index in [4.69, 9.17) is 16.3 Å². The zero-order chi connectivity index (χ0) is 19.5. The number of nitrogens with zero attached hydrogens (tertiary/aromatic N) is 1. The van der Waals surface area contributed by atoms with Crippen LogP contribution in [0.3, 0.4) is 0 Å². The number of pyridine rings is 1. The quantitative estimate of drug-likeness (QED) is 0.507. The highest BCUT2D eigenvalue weighted by Crippen LogP contribution is 2.29. The van der Waals surface area contributed by atoms with Crippen LogP contribution >= 0.6 is 11.6 Å². The van der Waals surface area contributed by atoms with Crippen LogP contribution in [0.15, 0.2) is 36.7 Å². The third-order valence-electron chi connectivity index (χ3n) is 3.68. The number of carbonyl (C=O) groups is 1. The van der Waals surface area contributed by atoms with Crippen molar-refractivity contribution in [1.82, 2.24) is 0 Å². The average Bonchev–Trinajstić information content (AvgIpc) is 2.53. The van der Waals surface area contributed by atoms with E-state index in [1.54, 1.807) is 45.0 Å². The van der Waals surface area contributed by atoms with Crippen LogP contribution in [0.5, 0.6) is 5.75 Å². The smallest absolute Gasteiger partial charge is 0.345 e. The summed E-state index contributed by atoms with van der Waals surface area (Å²) in [4.78, 5) is 11.6. The van der Waals surface area contributed by atoms with Crippen molar-refractivity contribution in [3.8, 4) is 17.6 Å². The van der Waals surface area contributed by atoms with Crippen LogP contribution in [-0.4, -0.2) is 17.2 Å². The first-order chi connectivity index (χ1) is 12.1. The Morgan fingerprint density at radius 1 is 1.27 bits per heavy atom. The first kappa shape index (κ1) is 19.6. The first-order valence-corrected chi connectivity index (χ1v) is 8.36. The molecule has 0 saturated heterocycles. The van der Waals surface area contributed by atoms with E-state index in [0.717, 1.165) is 5.56 Å². The molecule has 26 heavy (non-hydrogen) atoms. The maximum absolute atomic E-state index is 11.6. The molecule has 0 spiro atoms. The summed E-state index contributed by atoms with van der Waals surface area (Å²) in [6.45, 7) is 7.20. The summed E-state index contributed by atoms with van der Waals surface area (Å²) >= 11 is 6.05. The first-order valence-electron chi connectivity index (χ1n) is 7.98. The fraction of sp³-hybridized carbons (Fsp3) is 0.300. The molecule has 1 aromatic heterocycles. The third kappa shape index (κ3) is 4.90. The molecule has 1 N–H and O–H groups in total. The van der Waals surface area contributed by atoms with Crippen molar-refractivity contribution in [2.24, 2.45) is 5.41 Å². The topological polar surface area (TPSA) is 73.5 Å². The largest absolute Gasteiger partial charge is 0.619 e. The van der Waals surface area contributed by atoms with Crippen LogP contribution in [0.25, 0.3) is 0 Å². The molecule has 1 heterocycles. The summed E-state index contributed by atoms with van der Waals surface area (Å²) in [5.74, 6) is 5.12. The molecular formula is C20H20ClNO4. The molecule has 0 fully saturated rings. The van der Waals surface area contributed by atoms with E-state index >= 15 is 0 Å². The molecule has 0 radical (unpaired) electrons. The lowest BCUT2D eigenvalue weighted by Gasteiger charge is -2.28. The Balaban J connectivity index is 2.45. The van der Waals surface area contributed by atoms with E-state index in [-0.39, 0.29) is 0 Å². The van der Waals surface area contributed by atoms with Crippen molar-refractivity contribution >= 4 is 17.6 Å². The summed E-state index contributed by atoms with van der Waals surface area (Å²) in [5, 5.41) is 21.4. The van der Waals surface area contributed by atoms with Gasteiger partial charge in [-0.25, -0.2) is 4.79 Å². The number of aryl methyl sites for hydroxylation is 1. The number of benzene rings is 1. The maximum Gasteiger partial charge on any atom is 0.345 e. The second-order valence-corrected chi connectivity index (χ2v) is 7.43. The molecule has 1 unspecified atom stereocenters. The number of carboxylic acids is 1. The average molecular weight is 374 g/mol. The highest BCUT2D eigenvalue weighted by molar-refractivity contribution is 6.30. The van der Waals surface area contributed by atoms with Crippen LogP contribution in [0.1, 0.15) is 37.5 Å². The van der Waals surface area contributed by atoms with Gasteiger partial charge in [-0.3, -0.25) is 0 Å². The van der Waals surface area contributed by atoms with Gasteiger partial charge in [0.15, 0.2) is 18.5 Å². The molecule has 0 amide bonds. The van der Waals surface area contributed by atoms with Gasteiger partial charge in [-0.05, 0) is 30.7 Å². The van der Waals surface area contributed by atoms with Gasteiger partial charge >= 0.3 is 5.97 Å². The number of rotatable bonds is 3. The van der Waals surface area contributed by atoms with Crippen LogP contribution < -0.4 is 9.47 Å². The summed E-state index contributed by atoms with van der Waals surface area (Å²) in [7, 11) is 0. The van der Waals surface area contributed by atoms with E-state index in [2.05, 4.69) is 11.8 Å². The maximum atomic E-state index is 11.6. The van der Waals surface area contributed by atoms with Gasteiger partial charge in [0.2, 0.25) is 0 Å². The monoisotopic (exact) mass is 373 g/mol. The standard InChI is InChI=1S/C20H20ClNO4/c1-13-9-10-22(25)12-15(13)6-5-14-11-16(21)7-8-17(14)26-18(19(23)24)20(2,3)4/h7-12,18H,1-4H3,(H,23,24). The normalized spacial score (nSPS) is 12.0. The van der Waals surface area contributed by atoms with Gasteiger partial charge in [-0.2, -0.15) is 4.73 Å². The lowest BCUT2D eigenvalue weighted by molar-refractivity contribution is -0.605. The molecule has 0 bridgehead atoms. The molecule has 0 saturated carbocycles. The minimum absolute atomic E-state index is 0.327. The molecule has 2 aromatic rings. The number of halogens is 1. The van der Waals surface area contributed by atoms with Crippen LogP contribution in [-0.2, 0) is 4.79 Å². The lowest BCUT2D eigenvalue weighted by atomic mass is 9.89. The Morgan fingerprint density at radius 3 is 2.54 bits per heavy atom. The molecule has 136 valence electrons. The summed E-state index contributed by atoms with van der Waals surface area (Å²) in [6.07, 6.45) is 1.73. The molecule has 6 heteroatoms. The zero-order valence-electron chi connectivity index (χ0n) is 15.0. The van der Waals surface area contributed by atoms with Crippen molar-refractivity contribution < 1.29 is 19.4 Å². The van der Waals surface area contributed by atoms with Crippen molar-refractivity contribution in [1.29, 1.82) is 0 Å². The molecule has 5 nitrogen and oxygen atoms in total. The van der Waals surface area contributed by atoms with E-state index in [1.807, 2.05) is 6.92 Å². The molecule has 0 aliphatic rings. The predicted molar refractivity (Wildman–Crippen MR) is 99.1 cm³/mol. The molecular weight excluding hydrogens is 354 g/mol. The van der Waals surface area contributed by atoms with Gasteiger partial charge in [0.1, 0.15) is 5.75 Å².